The number of carbonyl (C=O) groups is 2. The van der Waals surface area contributed by atoms with Gasteiger partial charge in [0.25, 0.3) is 5.91 Å². The van der Waals surface area contributed by atoms with E-state index in [-0.39, 0.29) is 17.5 Å². The maximum absolute atomic E-state index is 13.5. The molecule has 0 aliphatic carbocycles. The van der Waals surface area contributed by atoms with Gasteiger partial charge in [-0.1, -0.05) is 22.7 Å². The Balaban J connectivity index is 2.19. The van der Waals surface area contributed by atoms with Crippen molar-refractivity contribution in [3.8, 4) is 0 Å². The first-order chi connectivity index (χ1) is 13.7. The number of hydrogen-bond donors (Lipinski definition) is 1. The first kappa shape index (κ1) is 21.1. The molecular formula is C21H24N4O2S2. The van der Waals surface area contributed by atoms with Crippen LogP contribution in [0.15, 0.2) is 41.1 Å². The lowest BCUT2D eigenvalue weighted by molar-refractivity contribution is -0.123. The molecule has 8 heteroatoms. The van der Waals surface area contributed by atoms with Crippen molar-refractivity contribution in [2.75, 3.05) is 4.90 Å². The minimum Gasteiger partial charge on any atom is -0.349 e. The Morgan fingerprint density at radius 1 is 1.14 bits per heavy atom. The van der Waals surface area contributed by atoms with E-state index in [1.165, 1.54) is 11.3 Å². The van der Waals surface area contributed by atoms with Gasteiger partial charge in [-0.15, -0.1) is 16.4 Å². The summed E-state index contributed by atoms with van der Waals surface area (Å²) in [6.45, 7) is 9.71. The number of aromatic nitrogens is 2. The second-order valence-corrected chi connectivity index (χ2v) is 9.43. The summed E-state index contributed by atoms with van der Waals surface area (Å²) < 4.78 is 3.83. The molecule has 1 aromatic carbocycles. The molecule has 3 rings (SSSR count). The monoisotopic (exact) mass is 428 g/mol. The predicted molar refractivity (Wildman–Crippen MR) is 118 cm³/mol. The molecule has 1 N–H and O–H groups in total. The van der Waals surface area contributed by atoms with Crippen LogP contribution in [-0.4, -0.2) is 26.9 Å². The van der Waals surface area contributed by atoms with Crippen molar-refractivity contribution in [3.63, 3.8) is 0 Å². The van der Waals surface area contributed by atoms with Crippen LogP contribution in [0.2, 0.25) is 0 Å². The van der Waals surface area contributed by atoms with Gasteiger partial charge in [-0.3, -0.25) is 14.5 Å². The highest BCUT2D eigenvalue weighted by atomic mass is 32.1. The lowest BCUT2D eigenvalue weighted by Crippen LogP contribution is -2.49. The maximum Gasteiger partial charge on any atom is 0.280 e. The predicted octanol–water partition coefficient (Wildman–Crippen LogP) is 4.52. The van der Waals surface area contributed by atoms with E-state index in [1.54, 1.807) is 10.3 Å². The number of aryl methyl sites for hydroxylation is 1. The van der Waals surface area contributed by atoms with E-state index in [0.29, 0.717) is 5.69 Å². The SMILES string of the molecule is Cc1cccc(N(C(=O)c2csnn2)C(C(=O)NC(C)(C)C)c2cccs2)c1C. The van der Waals surface area contributed by atoms with Gasteiger partial charge in [-0.2, -0.15) is 0 Å². The molecule has 0 spiro atoms. The van der Waals surface area contributed by atoms with E-state index in [4.69, 9.17) is 0 Å². The van der Waals surface area contributed by atoms with Gasteiger partial charge in [0, 0.05) is 21.5 Å². The number of nitrogens with zero attached hydrogens (tertiary/aromatic N) is 3. The molecule has 0 bridgehead atoms. The number of benzene rings is 1. The molecule has 0 aliphatic heterocycles. The molecule has 1 unspecified atom stereocenters. The van der Waals surface area contributed by atoms with Gasteiger partial charge in [0.15, 0.2) is 11.7 Å². The van der Waals surface area contributed by atoms with Crippen LogP contribution in [0.3, 0.4) is 0 Å². The maximum atomic E-state index is 13.5. The minimum atomic E-state index is -0.816. The van der Waals surface area contributed by atoms with E-state index in [1.807, 2.05) is 70.3 Å². The number of nitrogens with one attached hydrogen (secondary N) is 1. The average Bonchev–Trinajstić information content (AvgIpc) is 3.34. The zero-order valence-electron chi connectivity index (χ0n) is 17.1. The normalized spacial score (nSPS) is 12.4. The molecule has 152 valence electrons. The van der Waals surface area contributed by atoms with Gasteiger partial charge in [0.1, 0.15) is 0 Å². The van der Waals surface area contributed by atoms with Crippen LogP contribution >= 0.6 is 22.9 Å². The van der Waals surface area contributed by atoms with E-state index in [9.17, 15) is 9.59 Å². The molecule has 29 heavy (non-hydrogen) atoms. The molecule has 0 aliphatic rings. The van der Waals surface area contributed by atoms with Crippen LogP contribution in [0.4, 0.5) is 5.69 Å². The topological polar surface area (TPSA) is 75.2 Å². The lowest BCUT2D eigenvalue weighted by atomic mass is 10.0. The summed E-state index contributed by atoms with van der Waals surface area (Å²) in [5.41, 5.74) is 2.45. The minimum absolute atomic E-state index is 0.223. The van der Waals surface area contributed by atoms with E-state index in [0.717, 1.165) is 27.5 Å². The van der Waals surface area contributed by atoms with Crippen molar-refractivity contribution in [2.24, 2.45) is 0 Å². The molecule has 0 saturated heterocycles. The van der Waals surface area contributed by atoms with Crippen LogP contribution in [-0.2, 0) is 4.79 Å². The van der Waals surface area contributed by atoms with Gasteiger partial charge in [0.2, 0.25) is 5.91 Å². The smallest absolute Gasteiger partial charge is 0.280 e. The Bertz CT molecular complexity index is 992. The third-order valence-electron chi connectivity index (χ3n) is 4.45. The second kappa shape index (κ2) is 8.42. The van der Waals surface area contributed by atoms with Gasteiger partial charge >= 0.3 is 0 Å². The van der Waals surface area contributed by atoms with Gasteiger partial charge in [-0.05, 0) is 74.8 Å². The van der Waals surface area contributed by atoms with Crippen LogP contribution in [0, 0.1) is 13.8 Å². The van der Waals surface area contributed by atoms with Crippen molar-refractivity contribution in [2.45, 2.75) is 46.2 Å². The fourth-order valence-electron chi connectivity index (χ4n) is 3.00. The zero-order valence-corrected chi connectivity index (χ0v) is 18.7. The third-order valence-corrected chi connectivity index (χ3v) is 5.88. The van der Waals surface area contributed by atoms with Crippen LogP contribution < -0.4 is 10.2 Å². The fourth-order valence-corrected chi connectivity index (χ4v) is 4.24. The Labute approximate surface area is 178 Å². The largest absolute Gasteiger partial charge is 0.349 e. The van der Waals surface area contributed by atoms with E-state index >= 15 is 0 Å². The number of rotatable bonds is 5. The summed E-state index contributed by atoms with van der Waals surface area (Å²) >= 11 is 2.55. The van der Waals surface area contributed by atoms with Crippen molar-refractivity contribution in [1.82, 2.24) is 14.9 Å². The number of carbonyl (C=O) groups excluding carboxylic acids is 2. The summed E-state index contributed by atoms with van der Waals surface area (Å²) in [7, 11) is 0. The molecule has 0 radical (unpaired) electrons. The van der Waals surface area contributed by atoms with Crippen molar-refractivity contribution < 1.29 is 9.59 Å². The number of thiophene rings is 1. The molecule has 0 fully saturated rings. The molecule has 2 amide bonds. The van der Waals surface area contributed by atoms with Crippen molar-refractivity contribution >= 4 is 40.4 Å². The highest BCUT2D eigenvalue weighted by molar-refractivity contribution is 7.10. The van der Waals surface area contributed by atoms with Crippen molar-refractivity contribution in [1.29, 1.82) is 0 Å². The lowest BCUT2D eigenvalue weighted by Gasteiger charge is -2.33. The molecule has 1 atom stereocenters. The highest BCUT2D eigenvalue weighted by Crippen LogP contribution is 2.35. The first-order valence-corrected chi connectivity index (χ1v) is 10.9. The summed E-state index contributed by atoms with van der Waals surface area (Å²) in [4.78, 5) is 29.3. The van der Waals surface area contributed by atoms with Crippen LogP contribution in [0.25, 0.3) is 0 Å². The molecule has 2 aromatic heterocycles. The summed E-state index contributed by atoms with van der Waals surface area (Å²) in [6, 6.07) is 8.69. The molecular weight excluding hydrogens is 404 g/mol. The van der Waals surface area contributed by atoms with Crippen LogP contribution in [0.1, 0.15) is 53.3 Å². The molecule has 2 heterocycles. The third kappa shape index (κ3) is 4.71. The summed E-state index contributed by atoms with van der Waals surface area (Å²) in [6.07, 6.45) is 0. The second-order valence-electron chi connectivity index (χ2n) is 7.84. The number of anilines is 1. The van der Waals surface area contributed by atoms with Crippen molar-refractivity contribution in [3.05, 3.63) is 62.8 Å². The number of amides is 2. The van der Waals surface area contributed by atoms with Crippen LogP contribution in [0.5, 0.6) is 0 Å². The standard InChI is InChI=1S/C21H24N4O2S2/c1-13-8-6-9-16(14(13)2)25(20(27)15-12-29-24-23-15)18(17-10-7-11-28-17)19(26)22-21(3,4)5/h6-12,18H,1-5H3,(H,22,26). The summed E-state index contributed by atoms with van der Waals surface area (Å²) in [5, 5.41) is 10.5. The zero-order chi connectivity index (χ0) is 21.2. The first-order valence-electron chi connectivity index (χ1n) is 9.21. The van der Waals surface area contributed by atoms with E-state index < -0.39 is 11.6 Å². The molecule has 0 saturated carbocycles. The Morgan fingerprint density at radius 2 is 1.90 bits per heavy atom. The molecule has 3 aromatic rings. The van der Waals surface area contributed by atoms with E-state index in [2.05, 4.69) is 14.9 Å². The molecule has 6 nitrogen and oxygen atoms in total. The van der Waals surface area contributed by atoms with Gasteiger partial charge in [0.05, 0.1) is 0 Å². The Morgan fingerprint density at radius 3 is 2.48 bits per heavy atom. The highest BCUT2D eigenvalue weighted by Gasteiger charge is 2.37. The summed E-state index contributed by atoms with van der Waals surface area (Å²) in [5.74, 6) is -0.590. The number of hydrogen-bond acceptors (Lipinski definition) is 6. The fraction of sp³-hybridized carbons (Fsp3) is 0.333. The Hall–Kier alpha value is -2.58. The average molecular weight is 429 g/mol. The van der Waals surface area contributed by atoms with Gasteiger partial charge < -0.3 is 5.32 Å². The van der Waals surface area contributed by atoms with Gasteiger partial charge in [-0.25, -0.2) is 0 Å². The quantitative estimate of drug-likeness (QED) is 0.648. The Kier molecular flexibility index (Phi) is 6.14.